The first-order valence-corrected chi connectivity index (χ1v) is 7.03. The number of aromatic hydroxyl groups is 1. The van der Waals surface area contributed by atoms with Crippen molar-refractivity contribution in [3.8, 4) is 16.9 Å². The summed E-state index contributed by atoms with van der Waals surface area (Å²) in [4.78, 5) is 0. The van der Waals surface area contributed by atoms with E-state index in [0.29, 0.717) is 11.7 Å². The number of aryl methyl sites for hydroxylation is 1. The van der Waals surface area contributed by atoms with Crippen LogP contribution in [0.5, 0.6) is 5.75 Å². The van der Waals surface area contributed by atoms with Crippen LogP contribution >= 0.6 is 0 Å². The molecule has 0 bridgehead atoms. The second kappa shape index (κ2) is 3.86. The molecule has 0 spiro atoms. The van der Waals surface area contributed by atoms with Crippen LogP contribution in [0.2, 0.25) is 0 Å². The number of phenolic OH excluding ortho intramolecular Hbond substituents is 1. The Morgan fingerprint density at radius 1 is 0.950 bits per heavy atom. The molecule has 0 radical (unpaired) electrons. The van der Waals surface area contributed by atoms with E-state index in [-0.39, 0.29) is 0 Å². The average molecular weight is 260 g/mol. The van der Waals surface area contributed by atoms with E-state index in [0.717, 1.165) is 5.39 Å². The molecule has 3 aromatic rings. The van der Waals surface area contributed by atoms with Gasteiger partial charge in [0, 0.05) is 11.3 Å². The predicted molar refractivity (Wildman–Crippen MR) is 83.3 cm³/mol. The van der Waals surface area contributed by atoms with Gasteiger partial charge in [0.25, 0.3) is 0 Å². The first kappa shape index (κ1) is 11.5. The van der Waals surface area contributed by atoms with Gasteiger partial charge in [0.2, 0.25) is 0 Å². The maximum atomic E-state index is 10.4. The van der Waals surface area contributed by atoms with Crippen LogP contribution in [0.25, 0.3) is 21.9 Å². The van der Waals surface area contributed by atoms with Gasteiger partial charge < -0.3 is 5.11 Å². The Kier molecular flexibility index (Phi) is 2.23. The van der Waals surface area contributed by atoms with Gasteiger partial charge in [-0.25, -0.2) is 0 Å². The van der Waals surface area contributed by atoms with Crippen molar-refractivity contribution in [1.29, 1.82) is 0 Å². The van der Waals surface area contributed by atoms with Crippen molar-refractivity contribution in [3.05, 3.63) is 65.2 Å². The Morgan fingerprint density at radius 3 is 2.60 bits per heavy atom. The summed E-state index contributed by atoms with van der Waals surface area (Å²) in [5, 5.41) is 12.5. The molecule has 1 aliphatic carbocycles. The molecule has 0 fully saturated rings. The average Bonchev–Trinajstić information content (AvgIpc) is 2.73. The van der Waals surface area contributed by atoms with Crippen LogP contribution in [0.4, 0.5) is 0 Å². The third-order valence-corrected chi connectivity index (χ3v) is 4.54. The quantitative estimate of drug-likeness (QED) is 0.604. The Bertz CT molecular complexity index is 846. The molecule has 1 aliphatic rings. The number of rotatable bonds is 0. The molecular formula is C19H16O. The van der Waals surface area contributed by atoms with Crippen molar-refractivity contribution in [2.24, 2.45) is 0 Å². The molecule has 0 aliphatic heterocycles. The third-order valence-electron chi connectivity index (χ3n) is 4.54. The predicted octanol–water partition coefficient (Wildman–Crippen LogP) is 4.99. The monoisotopic (exact) mass is 260 g/mol. The van der Waals surface area contributed by atoms with Crippen LogP contribution in [0.3, 0.4) is 0 Å². The highest BCUT2D eigenvalue weighted by Crippen LogP contribution is 2.50. The van der Waals surface area contributed by atoms with Gasteiger partial charge in [0.1, 0.15) is 5.75 Å². The molecule has 1 heteroatoms. The van der Waals surface area contributed by atoms with Crippen LogP contribution in [0, 0.1) is 6.92 Å². The van der Waals surface area contributed by atoms with Crippen molar-refractivity contribution in [2.45, 2.75) is 19.8 Å². The van der Waals surface area contributed by atoms with E-state index in [4.69, 9.17) is 0 Å². The van der Waals surface area contributed by atoms with Crippen LogP contribution in [-0.4, -0.2) is 5.11 Å². The molecule has 0 saturated carbocycles. The number of hydrogen-bond donors (Lipinski definition) is 1. The summed E-state index contributed by atoms with van der Waals surface area (Å²) in [7, 11) is 0. The number of hydrogen-bond acceptors (Lipinski definition) is 1. The van der Waals surface area contributed by atoms with Gasteiger partial charge in [0.15, 0.2) is 0 Å². The minimum absolute atomic E-state index is 0.344. The lowest BCUT2D eigenvalue weighted by Gasteiger charge is -2.12. The molecule has 4 rings (SSSR count). The fourth-order valence-electron chi connectivity index (χ4n) is 3.56. The minimum atomic E-state index is 0.344. The van der Waals surface area contributed by atoms with E-state index in [9.17, 15) is 5.11 Å². The van der Waals surface area contributed by atoms with Gasteiger partial charge in [-0.1, -0.05) is 49.4 Å². The van der Waals surface area contributed by atoms with Gasteiger partial charge in [-0.05, 0) is 46.2 Å². The Labute approximate surface area is 118 Å². The van der Waals surface area contributed by atoms with Gasteiger partial charge in [0.05, 0.1) is 0 Å². The van der Waals surface area contributed by atoms with Gasteiger partial charge >= 0.3 is 0 Å². The molecule has 0 heterocycles. The molecule has 0 amide bonds. The van der Waals surface area contributed by atoms with Crippen molar-refractivity contribution in [2.75, 3.05) is 0 Å². The fourth-order valence-corrected chi connectivity index (χ4v) is 3.56. The van der Waals surface area contributed by atoms with E-state index < -0.39 is 0 Å². The maximum Gasteiger partial charge on any atom is 0.123 e. The van der Waals surface area contributed by atoms with Crippen molar-refractivity contribution >= 4 is 10.8 Å². The second-order valence-electron chi connectivity index (χ2n) is 5.67. The van der Waals surface area contributed by atoms with E-state index >= 15 is 0 Å². The van der Waals surface area contributed by atoms with E-state index in [2.05, 4.69) is 44.2 Å². The molecule has 1 nitrogen and oxygen atoms in total. The normalized spacial score (nSPS) is 16.2. The van der Waals surface area contributed by atoms with Crippen LogP contribution in [0.1, 0.15) is 29.5 Å². The summed E-state index contributed by atoms with van der Waals surface area (Å²) < 4.78 is 0. The molecule has 1 N–H and O–H groups in total. The van der Waals surface area contributed by atoms with Gasteiger partial charge in [-0.15, -0.1) is 0 Å². The third kappa shape index (κ3) is 1.32. The molecule has 0 aromatic heterocycles. The summed E-state index contributed by atoms with van der Waals surface area (Å²) in [5.74, 6) is 0.734. The number of fused-ring (bicyclic) bond motifs is 5. The maximum absolute atomic E-state index is 10.4. The van der Waals surface area contributed by atoms with Crippen LogP contribution in [0.15, 0.2) is 48.5 Å². The molecule has 3 aromatic carbocycles. The van der Waals surface area contributed by atoms with E-state index in [1.54, 1.807) is 0 Å². The smallest absolute Gasteiger partial charge is 0.123 e. The molecule has 98 valence electrons. The highest BCUT2D eigenvalue weighted by Gasteiger charge is 2.28. The van der Waals surface area contributed by atoms with Gasteiger partial charge in [-0.3, -0.25) is 0 Å². The molecular weight excluding hydrogens is 244 g/mol. The van der Waals surface area contributed by atoms with Crippen LogP contribution in [-0.2, 0) is 0 Å². The van der Waals surface area contributed by atoms with Crippen molar-refractivity contribution in [1.82, 2.24) is 0 Å². The highest BCUT2D eigenvalue weighted by atomic mass is 16.3. The van der Waals surface area contributed by atoms with Gasteiger partial charge in [-0.2, -0.15) is 0 Å². The summed E-state index contributed by atoms with van der Waals surface area (Å²) in [6, 6.07) is 16.7. The lowest BCUT2D eigenvalue weighted by atomic mass is 9.93. The number of phenols is 1. The number of benzene rings is 3. The van der Waals surface area contributed by atoms with E-state index in [1.807, 2.05) is 18.2 Å². The molecule has 1 atom stereocenters. The molecule has 20 heavy (non-hydrogen) atoms. The SMILES string of the molecule is Cc1cccc2c(O)cc3c(c12)-c1ccccc1C3C. The Morgan fingerprint density at radius 2 is 1.75 bits per heavy atom. The Hall–Kier alpha value is -2.28. The molecule has 1 unspecified atom stereocenters. The Balaban J connectivity index is 2.25. The van der Waals surface area contributed by atoms with Crippen molar-refractivity contribution < 1.29 is 5.11 Å². The largest absolute Gasteiger partial charge is 0.507 e. The fraction of sp³-hybridized carbons (Fsp3) is 0.158. The van der Waals surface area contributed by atoms with E-state index in [1.165, 1.54) is 33.2 Å². The minimum Gasteiger partial charge on any atom is -0.507 e. The van der Waals surface area contributed by atoms with Crippen LogP contribution < -0.4 is 0 Å². The zero-order chi connectivity index (χ0) is 13.9. The first-order chi connectivity index (χ1) is 9.68. The highest BCUT2D eigenvalue weighted by molar-refractivity contribution is 6.06. The zero-order valence-electron chi connectivity index (χ0n) is 11.6. The molecule has 0 saturated heterocycles. The lowest BCUT2D eigenvalue weighted by molar-refractivity contribution is 0.481. The standard InChI is InChI=1S/C19H16O/c1-11-6-5-9-15-17(20)10-16-12(2)13-7-3-4-8-14(13)19(16)18(11)15/h3-10,12,20H,1-2H3. The second-order valence-corrected chi connectivity index (χ2v) is 5.67. The zero-order valence-corrected chi connectivity index (χ0v) is 11.6. The summed E-state index contributed by atoms with van der Waals surface area (Å²) >= 11 is 0. The first-order valence-electron chi connectivity index (χ1n) is 7.03. The summed E-state index contributed by atoms with van der Waals surface area (Å²) in [6.45, 7) is 4.34. The summed E-state index contributed by atoms with van der Waals surface area (Å²) in [6.07, 6.45) is 0. The summed E-state index contributed by atoms with van der Waals surface area (Å²) in [5.41, 5.74) is 6.44. The van der Waals surface area contributed by atoms with Crippen molar-refractivity contribution in [3.63, 3.8) is 0 Å². The topological polar surface area (TPSA) is 20.2 Å². The lowest BCUT2D eigenvalue weighted by Crippen LogP contribution is -1.90.